The predicted molar refractivity (Wildman–Crippen MR) is 82.0 cm³/mol. The molecule has 0 aliphatic heterocycles. The summed E-state index contributed by atoms with van der Waals surface area (Å²) in [6.45, 7) is 3.93. The van der Waals surface area contributed by atoms with Crippen LogP contribution in [0.5, 0.6) is 6.01 Å². The van der Waals surface area contributed by atoms with Gasteiger partial charge >= 0.3 is 6.01 Å². The summed E-state index contributed by atoms with van der Waals surface area (Å²) < 4.78 is 5.44. The van der Waals surface area contributed by atoms with Crippen LogP contribution in [0.1, 0.15) is 0 Å². The average molecular weight is 291 g/mol. The predicted octanol–water partition coefficient (Wildman–Crippen LogP) is 2.56. The first-order valence-electron chi connectivity index (χ1n) is 6.69. The van der Waals surface area contributed by atoms with Crippen LogP contribution in [0.2, 0.25) is 0 Å². The minimum atomic E-state index is 0.219. The van der Waals surface area contributed by atoms with Crippen molar-refractivity contribution >= 4 is 0 Å². The van der Waals surface area contributed by atoms with Crippen LogP contribution in [0.15, 0.2) is 61.4 Å². The van der Waals surface area contributed by atoms with Gasteiger partial charge in [0.15, 0.2) is 11.6 Å². The van der Waals surface area contributed by atoms with E-state index >= 15 is 0 Å². The lowest BCUT2D eigenvalue weighted by atomic mass is 10.3. The first kappa shape index (κ1) is 13.8. The molecule has 0 N–H and O–H groups in total. The molecule has 6 nitrogen and oxygen atoms in total. The Kier molecular flexibility index (Phi) is 4.10. The van der Waals surface area contributed by atoms with Gasteiger partial charge in [0.1, 0.15) is 18.0 Å². The van der Waals surface area contributed by atoms with E-state index in [1.54, 1.807) is 18.5 Å². The van der Waals surface area contributed by atoms with Crippen LogP contribution in [-0.4, -0.2) is 31.5 Å². The van der Waals surface area contributed by atoms with Crippen molar-refractivity contribution < 1.29 is 4.74 Å². The number of ether oxygens (including phenoxy) is 1. The number of hydrogen-bond donors (Lipinski definition) is 0. The molecule has 0 aromatic carbocycles. The number of aromatic nitrogens is 5. The molecule has 0 bridgehead atoms. The molecule has 0 fully saturated rings. The van der Waals surface area contributed by atoms with Gasteiger partial charge in [-0.2, -0.15) is 9.97 Å². The highest BCUT2D eigenvalue weighted by Crippen LogP contribution is 2.19. The van der Waals surface area contributed by atoms with Gasteiger partial charge in [-0.1, -0.05) is 24.8 Å². The Balaban J connectivity index is 2.08. The summed E-state index contributed by atoms with van der Waals surface area (Å²) in [5.74, 6) is 0.880. The second-order valence-electron chi connectivity index (χ2n) is 4.29. The lowest BCUT2D eigenvalue weighted by Gasteiger charge is -2.06. The van der Waals surface area contributed by atoms with E-state index in [1.807, 2.05) is 36.4 Å². The average Bonchev–Trinajstić information content (AvgIpc) is 2.61. The number of hydrogen-bond acceptors (Lipinski definition) is 6. The monoisotopic (exact) mass is 291 g/mol. The molecule has 3 rings (SSSR count). The number of nitrogens with zero attached hydrogens (tertiary/aromatic N) is 5. The summed E-state index contributed by atoms with van der Waals surface area (Å²) in [6, 6.07) is 11.3. The molecule has 0 aliphatic rings. The van der Waals surface area contributed by atoms with Gasteiger partial charge in [0, 0.05) is 12.4 Å². The summed E-state index contributed by atoms with van der Waals surface area (Å²) >= 11 is 0. The fourth-order valence-electron chi connectivity index (χ4n) is 1.77. The lowest BCUT2D eigenvalue weighted by Crippen LogP contribution is -2.04. The molecule has 6 heteroatoms. The molecule has 3 aromatic rings. The second-order valence-corrected chi connectivity index (χ2v) is 4.29. The van der Waals surface area contributed by atoms with Crippen LogP contribution >= 0.6 is 0 Å². The molecule has 108 valence electrons. The Labute approximate surface area is 127 Å². The minimum Gasteiger partial charge on any atom is -0.459 e. The zero-order valence-electron chi connectivity index (χ0n) is 11.8. The maximum absolute atomic E-state index is 5.44. The lowest BCUT2D eigenvalue weighted by molar-refractivity contribution is 0.333. The smallest absolute Gasteiger partial charge is 0.320 e. The summed E-state index contributed by atoms with van der Waals surface area (Å²) in [4.78, 5) is 21.5. The highest BCUT2D eigenvalue weighted by molar-refractivity contribution is 5.55. The van der Waals surface area contributed by atoms with E-state index < -0.39 is 0 Å². The minimum absolute atomic E-state index is 0.219. The van der Waals surface area contributed by atoms with Crippen LogP contribution in [0, 0.1) is 0 Å². The molecule has 0 amide bonds. The topological polar surface area (TPSA) is 73.7 Å². The normalized spacial score (nSPS) is 10.2. The molecular weight excluding hydrogens is 278 g/mol. The van der Waals surface area contributed by atoms with Crippen molar-refractivity contribution in [1.29, 1.82) is 0 Å². The van der Waals surface area contributed by atoms with Crippen molar-refractivity contribution in [3.05, 3.63) is 61.4 Å². The molecule has 3 heterocycles. The third kappa shape index (κ3) is 3.12. The van der Waals surface area contributed by atoms with E-state index in [2.05, 4.69) is 31.5 Å². The van der Waals surface area contributed by atoms with Crippen LogP contribution < -0.4 is 4.74 Å². The zero-order chi connectivity index (χ0) is 15.2. The molecule has 0 spiro atoms. The molecule has 0 saturated carbocycles. The van der Waals surface area contributed by atoms with E-state index in [9.17, 15) is 0 Å². The van der Waals surface area contributed by atoms with E-state index in [0.717, 1.165) is 0 Å². The van der Waals surface area contributed by atoms with Gasteiger partial charge in [0.2, 0.25) is 0 Å². The molecule has 0 radical (unpaired) electrons. The molecule has 0 unspecified atom stereocenters. The molecule has 0 atom stereocenters. The van der Waals surface area contributed by atoms with Gasteiger partial charge in [-0.15, -0.1) is 0 Å². The van der Waals surface area contributed by atoms with Crippen LogP contribution in [0.4, 0.5) is 0 Å². The molecular formula is C16H13N5O. The molecule has 0 aliphatic carbocycles. The highest BCUT2D eigenvalue weighted by atomic mass is 16.5. The largest absolute Gasteiger partial charge is 0.459 e. The van der Waals surface area contributed by atoms with Gasteiger partial charge in [-0.3, -0.25) is 9.97 Å². The van der Waals surface area contributed by atoms with E-state index in [4.69, 9.17) is 4.74 Å². The Morgan fingerprint density at radius 1 is 0.864 bits per heavy atom. The van der Waals surface area contributed by atoms with Gasteiger partial charge in [0.25, 0.3) is 0 Å². The van der Waals surface area contributed by atoms with Gasteiger partial charge < -0.3 is 4.74 Å². The summed E-state index contributed by atoms with van der Waals surface area (Å²) in [7, 11) is 0. The quantitative estimate of drug-likeness (QED) is 0.673. The van der Waals surface area contributed by atoms with E-state index in [0.29, 0.717) is 29.6 Å². The number of rotatable bonds is 5. The fourth-order valence-corrected chi connectivity index (χ4v) is 1.77. The Morgan fingerprint density at radius 3 is 1.91 bits per heavy atom. The Bertz CT molecular complexity index is 704. The van der Waals surface area contributed by atoms with Crippen molar-refractivity contribution in [3.63, 3.8) is 0 Å². The third-order valence-corrected chi connectivity index (χ3v) is 2.73. The van der Waals surface area contributed by atoms with Crippen molar-refractivity contribution in [3.8, 4) is 29.0 Å². The van der Waals surface area contributed by atoms with Crippen molar-refractivity contribution in [2.24, 2.45) is 0 Å². The van der Waals surface area contributed by atoms with E-state index in [1.165, 1.54) is 0 Å². The van der Waals surface area contributed by atoms with E-state index in [-0.39, 0.29) is 6.01 Å². The Hall–Kier alpha value is -3.15. The van der Waals surface area contributed by atoms with Crippen molar-refractivity contribution in [1.82, 2.24) is 24.9 Å². The van der Waals surface area contributed by atoms with Crippen molar-refractivity contribution in [2.45, 2.75) is 0 Å². The van der Waals surface area contributed by atoms with Crippen LogP contribution in [0.3, 0.4) is 0 Å². The van der Waals surface area contributed by atoms with Crippen molar-refractivity contribution in [2.75, 3.05) is 6.61 Å². The van der Waals surface area contributed by atoms with Gasteiger partial charge in [-0.25, -0.2) is 4.98 Å². The number of pyridine rings is 2. The van der Waals surface area contributed by atoms with Crippen LogP contribution in [-0.2, 0) is 0 Å². The summed E-state index contributed by atoms with van der Waals surface area (Å²) in [5.41, 5.74) is 1.29. The maximum atomic E-state index is 5.44. The van der Waals surface area contributed by atoms with Crippen LogP contribution in [0.25, 0.3) is 23.0 Å². The molecule has 22 heavy (non-hydrogen) atoms. The van der Waals surface area contributed by atoms with Gasteiger partial charge in [-0.05, 0) is 24.3 Å². The first-order valence-corrected chi connectivity index (χ1v) is 6.69. The molecule has 3 aromatic heterocycles. The highest BCUT2D eigenvalue weighted by Gasteiger charge is 2.12. The fraction of sp³-hybridized carbons (Fsp3) is 0.0625. The second kappa shape index (κ2) is 6.53. The standard InChI is InChI=1S/C16H13N5O/c1-2-11-22-16-20-14(12-7-3-5-9-17-12)19-15(21-16)13-8-4-6-10-18-13/h2-10H,1,11H2. The maximum Gasteiger partial charge on any atom is 0.320 e. The third-order valence-electron chi connectivity index (χ3n) is 2.73. The zero-order valence-corrected chi connectivity index (χ0v) is 11.8. The van der Waals surface area contributed by atoms with Gasteiger partial charge in [0.05, 0.1) is 0 Å². The Morgan fingerprint density at radius 2 is 1.45 bits per heavy atom. The molecule has 0 saturated heterocycles. The summed E-state index contributed by atoms with van der Waals surface area (Å²) in [6.07, 6.45) is 5.00. The first-order chi connectivity index (χ1) is 10.9. The SMILES string of the molecule is C=CCOc1nc(-c2ccccn2)nc(-c2ccccn2)n1. The summed E-state index contributed by atoms with van der Waals surface area (Å²) in [5, 5.41) is 0.